The SMILES string of the molecule is CC/C=C\C/C=C\C/C=C\C/C=C\CCCCC(=O)OC(COC(=O)CCCCC/C=C\C/C=C\C/C=C\CC)COC(=O)CCCCCCCCCCCCCCCCCCCCCCCCCCCCCCCCCCCCC. The zero-order valence-electron chi connectivity index (χ0n) is 53.8. The highest BCUT2D eigenvalue weighted by Gasteiger charge is 2.19. The van der Waals surface area contributed by atoms with Gasteiger partial charge in [0.2, 0.25) is 0 Å². The molecule has 0 rings (SSSR count). The molecule has 0 bridgehead atoms. The van der Waals surface area contributed by atoms with Crippen LogP contribution in [0.5, 0.6) is 0 Å². The number of carbonyl (C=O) groups excluding carboxylic acids is 3. The molecule has 1 unspecified atom stereocenters. The highest BCUT2D eigenvalue weighted by atomic mass is 16.6. The van der Waals surface area contributed by atoms with E-state index in [1.54, 1.807) is 0 Å². The Bertz CT molecular complexity index is 1530. The molecule has 0 aromatic carbocycles. The number of rotatable bonds is 64. The van der Waals surface area contributed by atoms with E-state index in [-0.39, 0.29) is 37.5 Å². The van der Waals surface area contributed by atoms with E-state index in [4.69, 9.17) is 14.2 Å². The van der Waals surface area contributed by atoms with Crippen LogP contribution >= 0.6 is 0 Å². The van der Waals surface area contributed by atoms with E-state index < -0.39 is 6.10 Å². The lowest BCUT2D eigenvalue weighted by Gasteiger charge is -2.18. The molecule has 0 aliphatic heterocycles. The lowest BCUT2D eigenvalue weighted by Crippen LogP contribution is -2.30. The maximum absolute atomic E-state index is 12.9. The molecular weight excluding hydrogens is 997 g/mol. The summed E-state index contributed by atoms with van der Waals surface area (Å²) < 4.78 is 16.9. The zero-order valence-corrected chi connectivity index (χ0v) is 53.8. The molecule has 0 saturated carbocycles. The fraction of sp³-hybridized carbons (Fsp3) is 0.773. The Morgan fingerprint density at radius 1 is 0.259 bits per heavy atom. The topological polar surface area (TPSA) is 78.9 Å². The van der Waals surface area contributed by atoms with Gasteiger partial charge in [0.05, 0.1) is 0 Å². The molecule has 0 saturated heterocycles. The van der Waals surface area contributed by atoms with Gasteiger partial charge in [-0.2, -0.15) is 0 Å². The van der Waals surface area contributed by atoms with Gasteiger partial charge in [-0.25, -0.2) is 0 Å². The van der Waals surface area contributed by atoms with Gasteiger partial charge in [-0.1, -0.05) is 331 Å². The van der Waals surface area contributed by atoms with Crippen LogP contribution in [0.4, 0.5) is 0 Å². The van der Waals surface area contributed by atoms with Crippen molar-refractivity contribution in [3.63, 3.8) is 0 Å². The van der Waals surface area contributed by atoms with Crippen LogP contribution < -0.4 is 0 Å². The fourth-order valence-corrected chi connectivity index (χ4v) is 10.2. The Balaban J connectivity index is 4.09. The van der Waals surface area contributed by atoms with Crippen molar-refractivity contribution in [2.24, 2.45) is 0 Å². The Labute approximate surface area is 503 Å². The third-order valence-corrected chi connectivity index (χ3v) is 15.4. The molecule has 0 aliphatic carbocycles. The van der Waals surface area contributed by atoms with E-state index in [1.165, 1.54) is 205 Å². The minimum absolute atomic E-state index is 0.101. The van der Waals surface area contributed by atoms with Crippen LogP contribution in [0.2, 0.25) is 0 Å². The summed E-state index contributed by atoms with van der Waals surface area (Å²) in [5.41, 5.74) is 0. The second-order valence-corrected chi connectivity index (χ2v) is 23.4. The number of carbonyl (C=O) groups is 3. The molecule has 0 fully saturated rings. The molecular formula is C75H132O6. The average Bonchev–Trinajstić information content (AvgIpc) is 3.46. The predicted octanol–water partition coefficient (Wildman–Crippen LogP) is 24.2. The molecule has 81 heavy (non-hydrogen) atoms. The largest absolute Gasteiger partial charge is 0.462 e. The number of hydrogen-bond donors (Lipinski definition) is 0. The molecule has 0 heterocycles. The van der Waals surface area contributed by atoms with E-state index in [0.29, 0.717) is 19.3 Å². The van der Waals surface area contributed by atoms with Gasteiger partial charge >= 0.3 is 17.9 Å². The van der Waals surface area contributed by atoms with Gasteiger partial charge in [-0.05, 0) is 89.9 Å². The van der Waals surface area contributed by atoms with Gasteiger partial charge in [0, 0.05) is 19.3 Å². The van der Waals surface area contributed by atoms with Gasteiger partial charge < -0.3 is 14.2 Å². The van der Waals surface area contributed by atoms with Crippen molar-refractivity contribution in [1.29, 1.82) is 0 Å². The molecule has 6 nitrogen and oxygen atoms in total. The summed E-state index contributed by atoms with van der Waals surface area (Å²) >= 11 is 0. The Morgan fingerprint density at radius 2 is 0.481 bits per heavy atom. The van der Waals surface area contributed by atoms with Crippen molar-refractivity contribution in [3.05, 3.63) is 85.1 Å². The van der Waals surface area contributed by atoms with Crippen LogP contribution in [0, 0.1) is 0 Å². The predicted molar refractivity (Wildman–Crippen MR) is 353 cm³/mol. The van der Waals surface area contributed by atoms with Crippen molar-refractivity contribution in [2.75, 3.05) is 13.2 Å². The average molecular weight is 1130 g/mol. The first-order chi connectivity index (χ1) is 40.0. The second kappa shape index (κ2) is 69.1. The molecule has 0 radical (unpaired) electrons. The molecule has 0 N–H and O–H groups in total. The first-order valence-electron chi connectivity index (χ1n) is 35.1. The Hall–Kier alpha value is -3.41. The van der Waals surface area contributed by atoms with Crippen LogP contribution in [0.15, 0.2) is 85.1 Å². The van der Waals surface area contributed by atoms with Crippen LogP contribution in [-0.2, 0) is 28.6 Å². The van der Waals surface area contributed by atoms with Crippen molar-refractivity contribution >= 4 is 17.9 Å². The fourth-order valence-electron chi connectivity index (χ4n) is 10.2. The van der Waals surface area contributed by atoms with Crippen molar-refractivity contribution < 1.29 is 28.6 Å². The van der Waals surface area contributed by atoms with Gasteiger partial charge in [0.15, 0.2) is 6.10 Å². The summed E-state index contributed by atoms with van der Waals surface area (Å²) in [7, 11) is 0. The highest BCUT2D eigenvalue weighted by molar-refractivity contribution is 5.71. The summed E-state index contributed by atoms with van der Waals surface area (Å²) in [6.07, 6.45) is 92.3. The van der Waals surface area contributed by atoms with E-state index in [2.05, 4.69) is 106 Å². The summed E-state index contributed by atoms with van der Waals surface area (Å²) in [6, 6.07) is 0. The minimum Gasteiger partial charge on any atom is -0.462 e. The second-order valence-electron chi connectivity index (χ2n) is 23.4. The maximum Gasteiger partial charge on any atom is 0.306 e. The van der Waals surface area contributed by atoms with E-state index in [0.717, 1.165) is 103 Å². The number of unbranched alkanes of at least 4 members (excludes halogenated alkanes) is 39. The monoisotopic (exact) mass is 1130 g/mol. The molecule has 0 aromatic heterocycles. The van der Waals surface area contributed by atoms with Gasteiger partial charge in [0.1, 0.15) is 13.2 Å². The molecule has 0 amide bonds. The first kappa shape index (κ1) is 77.6. The summed E-state index contributed by atoms with van der Waals surface area (Å²) in [5.74, 6) is -0.962. The van der Waals surface area contributed by atoms with Gasteiger partial charge in [0.25, 0.3) is 0 Å². The van der Waals surface area contributed by atoms with Gasteiger partial charge in [-0.3, -0.25) is 14.4 Å². The van der Waals surface area contributed by atoms with Gasteiger partial charge in [-0.15, -0.1) is 0 Å². The van der Waals surface area contributed by atoms with E-state index in [9.17, 15) is 14.4 Å². The smallest absolute Gasteiger partial charge is 0.306 e. The highest BCUT2D eigenvalue weighted by Crippen LogP contribution is 2.18. The van der Waals surface area contributed by atoms with Crippen LogP contribution in [0.1, 0.15) is 355 Å². The number of ether oxygens (including phenoxy) is 3. The maximum atomic E-state index is 12.9. The third-order valence-electron chi connectivity index (χ3n) is 15.4. The van der Waals surface area contributed by atoms with Crippen molar-refractivity contribution in [3.8, 4) is 0 Å². The summed E-state index contributed by atoms with van der Waals surface area (Å²) in [4.78, 5) is 38.2. The summed E-state index contributed by atoms with van der Waals surface area (Å²) in [5, 5.41) is 0. The Kier molecular flexibility index (Phi) is 66.2. The molecule has 0 aromatic rings. The molecule has 0 spiro atoms. The number of hydrogen-bond acceptors (Lipinski definition) is 6. The standard InChI is InChI=1S/C75H132O6/c1-4-7-10-13-16-19-22-25-27-28-29-30-31-32-33-34-35-36-37-38-39-40-41-42-43-44-45-46-48-50-53-56-59-62-65-68-74(77)80-71-72(70-79-73(76)67-64-61-58-55-52-49-24-21-18-15-12-9-6-3)81-75(78)69-66-63-60-57-54-51-47-26-23-20-17-14-11-8-5-2/h8-9,11-12,17-18,20-21,26,47,49,52,54,57,72H,4-7,10,13-16,19,22-25,27-46,48,50-51,53,55-56,58-71H2,1-3H3/b11-8-,12-9-,20-17-,21-18-,47-26-,52-49-,57-54-. The minimum atomic E-state index is -0.811. The first-order valence-corrected chi connectivity index (χ1v) is 35.1. The lowest BCUT2D eigenvalue weighted by atomic mass is 10.0. The van der Waals surface area contributed by atoms with Crippen molar-refractivity contribution in [2.45, 2.75) is 361 Å². The Morgan fingerprint density at radius 3 is 0.778 bits per heavy atom. The van der Waals surface area contributed by atoms with E-state index in [1.807, 2.05) is 0 Å². The molecule has 6 heteroatoms. The molecule has 468 valence electrons. The molecule has 0 aliphatic rings. The number of esters is 3. The van der Waals surface area contributed by atoms with Crippen LogP contribution in [0.3, 0.4) is 0 Å². The lowest BCUT2D eigenvalue weighted by molar-refractivity contribution is -0.167. The van der Waals surface area contributed by atoms with Crippen LogP contribution in [-0.4, -0.2) is 37.2 Å². The molecule has 1 atom stereocenters. The quantitative estimate of drug-likeness (QED) is 0.0261. The normalized spacial score (nSPS) is 12.6. The third kappa shape index (κ3) is 67.3. The van der Waals surface area contributed by atoms with Crippen LogP contribution in [0.25, 0.3) is 0 Å². The van der Waals surface area contributed by atoms with Crippen molar-refractivity contribution in [1.82, 2.24) is 0 Å². The zero-order chi connectivity index (χ0) is 58.5. The number of allylic oxidation sites excluding steroid dienone is 14. The summed E-state index contributed by atoms with van der Waals surface area (Å²) in [6.45, 7) is 6.39. The van der Waals surface area contributed by atoms with E-state index >= 15 is 0 Å².